The zero-order chi connectivity index (χ0) is 28.5. The SMILES string of the molecule is O=C(CCCCC1SCC2NC(=O)NC21)NCCCCCCCCCCCC(=O)OCC(O)COP(=O)([O-])O.[NH4+]. The number of ether oxygens (including phenoxy) is 1. The second-order valence-corrected chi connectivity index (χ2v) is 12.7. The smallest absolute Gasteiger partial charge is 0.315 e. The molecule has 2 rings (SSSR count). The highest BCUT2D eigenvalue weighted by Gasteiger charge is 2.42. The maximum atomic E-state index is 12.0. The van der Waals surface area contributed by atoms with Crippen molar-refractivity contribution in [1.29, 1.82) is 0 Å². The Morgan fingerprint density at radius 2 is 1.62 bits per heavy atom. The van der Waals surface area contributed by atoms with E-state index >= 15 is 0 Å². The summed E-state index contributed by atoms with van der Waals surface area (Å²) >= 11 is 1.91. The van der Waals surface area contributed by atoms with Crippen LogP contribution in [0.1, 0.15) is 89.9 Å². The molecule has 2 saturated heterocycles. The first-order valence-corrected chi connectivity index (χ1v) is 16.7. The van der Waals surface area contributed by atoms with Gasteiger partial charge < -0.3 is 46.3 Å². The van der Waals surface area contributed by atoms with Gasteiger partial charge in [-0.05, 0) is 25.7 Å². The molecule has 0 aromatic carbocycles. The average molecular weight is 613 g/mol. The molecule has 2 aliphatic rings. The molecule has 0 spiro atoms. The van der Waals surface area contributed by atoms with E-state index in [1.54, 1.807) is 0 Å². The van der Waals surface area contributed by atoms with E-state index in [0.717, 1.165) is 82.9 Å². The Morgan fingerprint density at radius 3 is 2.30 bits per heavy atom. The molecule has 15 heteroatoms. The van der Waals surface area contributed by atoms with Gasteiger partial charge in [-0.2, -0.15) is 11.8 Å². The molecule has 0 bridgehead atoms. The molecular formula is C25H49N4O9PS. The number of fused-ring (bicyclic) bond motifs is 1. The van der Waals surface area contributed by atoms with Crippen molar-refractivity contribution < 1.29 is 43.1 Å². The first kappa shape index (κ1) is 36.6. The van der Waals surface area contributed by atoms with Gasteiger partial charge in [0.2, 0.25) is 5.91 Å². The van der Waals surface area contributed by atoms with E-state index in [0.29, 0.717) is 18.1 Å². The van der Waals surface area contributed by atoms with Crippen molar-refractivity contribution in [3.05, 3.63) is 0 Å². The highest BCUT2D eigenvalue weighted by Crippen LogP contribution is 2.33. The molecule has 9 N–H and O–H groups in total. The number of phosphoric acid groups is 1. The highest BCUT2D eigenvalue weighted by molar-refractivity contribution is 8.00. The lowest BCUT2D eigenvalue weighted by Crippen LogP contribution is -2.36. The predicted molar refractivity (Wildman–Crippen MR) is 152 cm³/mol. The minimum atomic E-state index is -4.90. The molecule has 3 amide bonds. The zero-order valence-electron chi connectivity index (χ0n) is 23.6. The first-order valence-electron chi connectivity index (χ1n) is 14.1. The molecule has 2 fully saturated rings. The standard InChI is InChI=1S/C25H46N3O9PS.H3N/c29-19(17-37-38(33,34)35)16-36-23(31)14-8-6-4-2-1-3-5-7-11-15-26-22(30)13-10-9-12-21-24-20(18-39-21)27-25(32)28-24;/h19-21,24,29H,1-18H2,(H,26,30)(H2,27,28,32)(H2,33,34,35);1H3. The van der Waals surface area contributed by atoms with Crippen LogP contribution in [0.2, 0.25) is 0 Å². The fourth-order valence-corrected chi connectivity index (χ4v) is 6.62. The van der Waals surface area contributed by atoms with Gasteiger partial charge in [-0.3, -0.25) is 14.2 Å². The fraction of sp³-hybridized carbons (Fsp3) is 0.880. The number of hydrogen-bond donors (Lipinski definition) is 6. The maximum Gasteiger partial charge on any atom is 0.315 e. The molecule has 0 aromatic rings. The minimum Gasteiger partial charge on any atom is -0.756 e. The van der Waals surface area contributed by atoms with Gasteiger partial charge in [0.05, 0.1) is 18.7 Å². The molecule has 0 aromatic heterocycles. The van der Waals surface area contributed by atoms with Gasteiger partial charge in [0, 0.05) is 30.4 Å². The summed E-state index contributed by atoms with van der Waals surface area (Å²) in [5.74, 6) is 0.620. The molecule has 5 unspecified atom stereocenters. The topological polar surface area (TPSA) is 223 Å². The quantitative estimate of drug-likeness (QED) is 0.0453. The monoisotopic (exact) mass is 612 g/mol. The van der Waals surface area contributed by atoms with Gasteiger partial charge in [-0.15, -0.1) is 0 Å². The van der Waals surface area contributed by atoms with E-state index in [2.05, 4.69) is 20.5 Å². The van der Waals surface area contributed by atoms with Crippen LogP contribution in [0, 0.1) is 0 Å². The van der Waals surface area contributed by atoms with Crippen LogP contribution in [0.15, 0.2) is 0 Å². The molecule has 234 valence electrons. The Kier molecular flexibility index (Phi) is 18.7. The van der Waals surface area contributed by atoms with Gasteiger partial charge in [0.25, 0.3) is 7.82 Å². The van der Waals surface area contributed by atoms with Gasteiger partial charge in [-0.25, -0.2) is 4.79 Å². The molecule has 40 heavy (non-hydrogen) atoms. The summed E-state index contributed by atoms with van der Waals surface area (Å²) in [5, 5.41) is 18.9. The average Bonchev–Trinajstić information content (AvgIpc) is 3.43. The molecule has 13 nitrogen and oxygen atoms in total. The number of quaternary nitrogens is 1. The number of esters is 1. The third kappa shape index (κ3) is 16.8. The number of urea groups is 1. The number of rotatable bonds is 22. The fourth-order valence-electron chi connectivity index (χ4n) is 4.71. The molecule has 5 atom stereocenters. The number of carbonyl (C=O) groups excluding carboxylic acids is 3. The number of unbranched alkanes of at least 4 members (excludes halogenated alkanes) is 9. The number of amides is 3. The number of thioether (sulfide) groups is 1. The summed E-state index contributed by atoms with van der Waals surface area (Å²) in [7, 11) is -4.90. The number of hydrogen-bond acceptors (Lipinski definition) is 9. The van der Waals surface area contributed by atoms with E-state index in [1.165, 1.54) is 0 Å². The van der Waals surface area contributed by atoms with E-state index in [-0.39, 0.29) is 43.2 Å². The summed E-state index contributed by atoms with van der Waals surface area (Å²) in [6.07, 6.45) is 11.6. The van der Waals surface area contributed by atoms with Crippen LogP contribution in [-0.4, -0.2) is 76.9 Å². The van der Waals surface area contributed by atoms with Crippen molar-refractivity contribution in [3.8, 4) is 0 Å². The summed E-state index contributed by atoms with van der Waals surface area (Å²) in [6.45, 7) is -0.327. The molecule has 2 aliphatic heterocycles. The van der Waals surface area contributed by atoms with E-state index < -0.39 is 26.5 Å². The van der Waals surface area contributed by atoms with Crippen LogP contribution in [-0.2, 0) is 23.4 Å². The molecule has 2 heterocycles. The van der Waals surface area contributed by atoms with Crippen LogP contribution in [0.5, 0.6) is 0 Å². The molecule has 0 radical (unpaired) electrons. The Hall–Kier alpha value is -1.41. The first-order chi connectivity index (χ1) is 18.6. The molecular weight excluding hydrogens is 563 g/mol. The van der Waals surface area contributed by atoms with E-state index in [9.17, 15) is 28.9 Å². The third-order valence-electron chi connectivity index (χ3n) is 6.83. The van der Waals surface area contributed by atoms with Crippen LogP contribution in [0.25, 0.3) is 0 Å². The zero-order valence-corrected chi connectivity index (χ0v) is 25.4. The third-order valence-corrected chi connectivity index (χ3v) is 8.81. The Labute approximate surface area is 241 Å². The summed E-state index contributed by atoms with van der Waals surface area (Å²) < 4.78 is 19.3. The number of phosphoric ester groups is 1. The summed E-state index contributed by atoms with van der Waals surface area (Å²) in [6, 6.07) is 0.423. The van der Waals surface area contributed by atoms with Gasteiger partial charge >= 0.3 is 12.0 Å². The van der Waals surface area contributed by atoms with Crippen LogP contribution in [0.3, 0.4) is 0 Å². The Morgan fingerprint density at radius 1 is 1.00 bits per heavy atom. The lowest BCUT2D eigenvalue weighted by Gasteiger charge is -2.18. The lowest BCUT2D eigenvalue weighted by atomic mass is 10.0. The largest absolute Gasteiger partial charge is 0.756 e. The normalized spacial score (nSPS) is 21.9. The van der Waals surface area contributed by atoms with E-state index in [1.807, 2.05) is 11.8 Å². The van der Waals surface area contributed by atoms with Crippen LogP contribution in [0.4, 0.5) is 4.79 Å². The molecule has 0 saturated carbocycles. The van der Waals surface area contributed by atoms with Crippen LogP contribution < -0.4 is 27.0 Å². The van der Waals surface area contributed by atoms with Gasteiger partial charge in [-0.1, -0.05) is 51.4 Å². The minimum absolute atomic E-state index is 0. The van der Waals surface area contributed by atoms with Gasteiger partial charge in [0.15, 0.2) is 0 Å². The summed E-state index contributed by atoms with van der Waals surface area (Å²) in [4.78, 5) is 54.0. The lowest BCUT2D eigenvalue weighted by molar-refractivity contribution is -0.222. The highest BCUT2D eigenvalue weighted by atomic mass is 32.2. The van der Waals surface area contributed by atoms with Crippen molar-refractivity contribution in [2.45, 2.75) is 113 Å². The summed E-state index contributed by atoms with van der Waals surface area (Å²) in [5.41, 5.74) is 0. The van der Waals surface area contributed by atoms with Crippen molar-refractivity contribution in [1.82, 2.24) is 22.1 Å². The Balaban J connectivity index is 0.00000800. The second kappa shape index (κ2) is 20.5. The number of carbonyl (C=O) groups is 3. The number of nitrogens with one attached hydrogen (secondary N) is 3. The van der Waals surface area contributed by atoms with E-state index in [4.69, 9.17) is 9.63 Å². The van der Waals surface area contributed by atoms with Crippen LogP contribution >= 0.6 is 19.6 Å². The van der Waals surface area contributed by atoms with Crippen molar-refractivity contribution in [2.75, 3.05) is 25.5 Å². The number of aliphatic hydroxyl groups is 1. The van der Waals surface area contributed by atoms with Crippen molar-refractivity contribution in [2.24, 2.45) is 0 Å². The predicted octanol–water partition coefficient (Wildman–Crippen LogP) is 2.49. The molecule has 0 aliphatic carbocycles. The van der Waals surface area contributed by atoms with Crippen molar-refractivity contribution in [3.63, 3.8) is 0 Å². The second-order valence-electron chi connectivity index (χ2n) is 10.3. The van der Waals surface area contributed by atoms with Crippen molar-refractivity contribution >= 4 is 37.5 Å². The van der Waals surface area contributed by atoms with Gasteiger partial charge in [0.1, 0.15) is 12.7 Å². The number of aliphatic hydroxyl groups excluding tert-OH is 1. The maximum absolute atomic E-state index is 12.0. The Bertz CT molecular complexity index is 804.